The zero-order valence-corrected chi connectivity index (χ0v) is 14.9. The van der Waals surface area contributed by atoms with Crippen molar-refractivity contribution in [3.05, 3.63) is 18.2 Å². The van der Waals surface area contributed by atoms with E-state index in [4.69, 9.17) is 9.84 Å². The van der Waals surface area contributed by atoms with E-state index in [0.717, 1.165) is 6.26 Å². The molecule has 1 rings (SSSR count). The van der Waals surface area contributed by atoms with Crippen LogP contribution >= 0.6 is 0 Å². The van der Waals surface area contributed by atoms with E-state index in [0.29, 0.717) is 0 Å². The molecular weight excluding hydrogens is 344 g/mol. The monoisotopic (exact) mass is 366 g/mol. The van der Waals surface area contributed by atoms with Crippen LogP contribution in [0.15, 0.2) is 23.1 Å². The van der Waals surface area contributed by atoms with Crippen LogP contribution in [0.1, 0.15) is 13.8 Å². The lowest BCUT2D eigenvalue weighted by atomic mass is 10.3. The Labute approximate surface area is 137 Å². The van der Waals surface area contributed by atoms with Gasteiger partial charge in [-0.05, 0) is 18.2 Å². The molecule has 0 saturated heterocycles. The molecule has 0 radical (unpaired) electrons. The summed E-state index contributed by atoms with van der Waals surface area (Å²) < 4.78 is 56.7. The van der Waals surface area contributed by atoms with Crippen LogP contribution in [0.2, 0.25) is 0 Å². The van der Waals surface area contributed by atoms with Crippen molar-refractivity contribution in [1.82, 2.24) is 4.31 Å². The number of anilines is 1. The van der Waals surface area contributed by atoms with E-state index in [2.05, 4.69) is 4.72 Å². The van der Waals surface area contributed by atoms with Crippen LogP contribution in [0, 0.1) is 0 Å². The average molecular weight is 366 g/mol. The van der Waals surface area contributed by atoms with Crippen molar-refractivity contribution >= 4 is 25.7 Å². The smallest absolute Gasteiger partial charge is 0.301 e. The van der Waals surface area contributed by atoms with Crippen molar-refractivity contribution in [3.63, 3.8) is 0 Å². The summed E-state index contributed by atoms with van der Waals surface area (Å²) in [4.78, 5) is -0.0360. The summed E-state index contributed by atoms with van der Waals surface area (Å²) in [6.45, 7) is 3.63. The van der Waals surface area contributed by atoms with Crippen LogP contribution in [0.4, 0.5) is 5.69 Å². The van der Waals surface area contributed by atoms with Gasteiger partial charge in [-0.2, -0.15) is 12.7 Å². The first-order valence-electron chi connectivity index (χ1n) is 7.01. The molecule has 8 nitrogen and oxygen atoms in total. The van der Waals surface area contributed by atoms with Crippen molar-refractivity contribution < 1.29 is 26.7 Å². The molecule has 0 aliphatic carbocycles. The van der Waals surface area contributed by atoms with Crippen molar-refractivity contribution in [3.8, 4) is 5.75 Å². The number of ether oxygens (including phenoxy) is 1. The Morgan fingerprint density at radius 3 is 2.26 bits per heavy atom. The normalized spacial score (nSPS) is 12.4. The fourth-order valence-electron chi connectivity index (χ4n) is 1.87. The van der Waals surface area contributed by atoms with Gasteiger partial charge in [0.15, 0.2) is 9.84 Å². The molecule has 1 aromatic rings. The molecular formula is C13H22N2O6S2. The third-order valence-corrected chi connectivity index (χ3v) is 5.80. The molecule has 0 fully saturated rings. The minimum absolute atomic E-state index is 0.00766. The first-order chi connectivity index (χ1) is 10.7. The number of hydrogen-bond acceptors (Lipinski definition) is 6. The molecule has 0 aromatic heterocycles. The van der Waals surface area contributed by atoms with E-state index in [-0.39, 0.29) is 42.6 Å². The van der Waals surface area contributed by atoms with Crippen LogP contribution in [-0.2, 0) is 20.0 Å². The first kappa shape index (κ1) is 19.7. The van der Waals surface area contributed by atoms with Gasteiger partial charge in [-0.25, -0.2) is 8.42 Å². The van der Waals surface area contributed by atoms with E-state index in [1.807, 2.05) is 0 Å². The Hall–Kier alpha value is -1.36. The number of aliphatic hydroxyl groups excluding tert-OH is 1. The Kier molecular flexibility index (Phi) is 6.81. The van der Waals surface area contributed by atoms with Gasteiger partial charge in [0.1, 0.15) is 12.4 Å². The highest BCUT2D eigenvalue weighted by Gasteiger charge is 2.21. The predicted molar refractivity (Wildman–Crippen MR) is 87.6 cm³/mol. The Morgan fingerprint density at radius 2 is 1.78 bits per heavy atom. The maximum absolute atomic E-state index is 12.3. The van der Waals surface area contributed by atoms with Gasteiger partial charge in [0.05, 0.1) is 17.2 Å². The largest absolute Gasteiger partial charge is 0.489 e. The predicted octanol–water partition coefficient (Wildman–Crippen LogP) is 0.460. The van der Waals surface area contributed by atoms with Gasteiger partial charge in [-0.3, -0.25) is 4.72 Å². The van der Waals surface area contributed by atoms with Gasteiger partial charge >= 0.3 is 10.2 Å². The molecule has 0 unspecified atom stereocenters. The molecule has 10 heteroatoms. The molecule has 0 atom stereocenters. The maximum atomic E-state index is 12.3. The second-order valence-electron chi connectivity index (χ2n) is 4.69. The van der Waals surface area contributed by atoms with Gasteiger partial charge in [0.2, 0.25) is 0 Å². The molecule has 23 heavy (non-hydrogen) atoms. The van der Waals surface area contributed by atoms with E-state index < -0.39 is 20.0 Å². The molecule has 0 heterocycles. The summed E-state index contributed by atoms with van der Waals surface area (Å²) in [5.41, 5.74) is 0.00766. The fraction of sp³-hybridized carbons (Fsp3) is 0.538. The highest BCUT2D eigenvalue weighted by Crippen LogP contribution is 2.29. The summed E-state index contributed by atoms with van der Waals surface area (Å²) in [6.07, 6.45) is 1.03. The number of nitrogens with one attached hydrogen (secondary N) is 1. The minimum atomic E-state index is -3.84. The SMILES string of the molecule is CCN(CC)S(=O)(=O)Nc1cc(S(C)(=O)=O)ccc1OCCO. The molecule has 0 aliphatic rings. The van der Waals surface area contributed by atoms with E-state index >= 15 is 0 Å². The number of hydrogen-bond donors (Lipinski definition) is 2. The molecule has 0 aliphatic heterocycles. The van der Waals surface area contributed by atoms with Crippen molar-refractivity contribution in [1.29, 1.82) is 0 Å². The summed E-state index contributed by atoms with van der Waals surface area (Å²) in [5, 5.41) is 8.83. The van der Waals surface area contributed by atoms with Crippen LogP contribution in [0.3, 0.4) is 0 Å². The average Bonchev–Trinajstić information content (AvgIpc) is 2.45. The fourth-order valence-corrected chi connectivity index (χ4v) is 3.76. The van der Waals surface area contributed by atoms with Crippen LogP contribution in [-0.4, -0.2) is 58.8 Å². The van der Waals surface area contributed by atoms with Gasteiger partial charge < -0.3 is 9.84 Å². The number of aliphatic hydroxyl groups is 1. The molecule has 132 valence electrons. The van der Waals surface area contributed by atoms with E-state index in [1.165, 1.54) is 22.5 Å². The quantitative estimate of drug-likeness (QED) is 0.656. The molecule has 0 amide bonds. The summed E-state index contributed by atoms with van der Waals surface area (Å²) in [7, 11) is -7.34. The Bertz CT molecular complexity index is 727. The Morgan fingerprint density at radius 1 is 1.17 bits per heavy atom. The van der Waals surface area contributed by atoms with Crippen LogP contribution < -0.4 is 9.46 Å². The van der Waals surface area contributed by atoms with E-state index in [1.54, 1.807) is 13.8 Å². The highest BCUT2D eigenvalue weighted by atomic mass is 32.2. The zero-order chi connectivity index (χ0) is 17.7. The highest BCUT2D eigenvalue weighted by molar-refractivity contribution is 7.91. The Balaban J connectivity index is 3.29. The van der Waals surface area contributed by atoms with Crippen LogP contribution in [0.25, 0.3) is 0 Å². The second kappa shape index (κ2) is 7.95. The second-order valence-corrected chi connectivity index (χ2v) is 8.38. The summed E-state index contributed by atoms with van der Waals surface area (Å²) in [5.74, 6) is 0.141. The topological polar surface area (TPSA) is 113 Å². The zero-order valence-electron chi connectivity index (χ0n) is 13.3. The molecule has 0 bridgehead atoms. The standard InChI is InChI=1S/C13H22N2O6S2/c1-4-15(5-2)23(19,20)14-12-10-11(22(3,17)18)6-7-13(12)21-9-8-16/h6-7,10,14,16H,4-5,8-9H2,1-3H3. The summed E-state index contributed by atoms with van der Waals surface area (Å²) in [6, 6.07) is 3.87. The van der Waals surface area contributed by atoms with Crippen molar-refractivity contribution in [2.24, 2.45) is 0 Å². The maximum Gasteiger partial charge on any atom is 0.301 e. The third-order valence-electron chi connectivity index (χ3n) is 3.01. The molecule has 0 saturated carbocycles. The molecule has 2 N–H and O–H groups in total. The van der Waals surface area contributed by atoms with Crippen LogP contribution in [0.5, 0.6) is 5.75 Å². The number of nitrogens with zero attached hydrogens (tertiary/aromatic N) is 1. The molecule has 0 spiro atoms. The van der Waals surface area contributed by atoms with E-state index in [9.17, 15) is 16.8 Å². The summed E-state index contributed by atoms with van der Waals surface area (Å²) >= 11 is 0. The third kappa shape index (κ3) is 5.34. The minimum Gasteiger partial charge on any atom is -0.489 e. The lowest BCUT2D eigenvalue weighted by molar-refractivity contribution is 0.202. The first-order valence-corrected chi connectivity index (χ1v) is 10.3. The van der Waals surface area contributed by atoms with Gasteiger partial charge in [0.25, 0.3) is 0 Å². The van der Waals surface area contributed by atoms with Gasteiger partial charge in [-0.1, -0.05) is 13.8 Å². The lowest BCUT2D eigenvalue weighted by Crippen LogP contribution is -2.35. The van der Waals surface area contributed by atoms with Gasteiger partial charge in [-0.15, -0.1) is 0 Å². The number of rotatable bonds is 9. The number of sulfone groups is 1. The van der Waals surface area contributed by atoms with Crippen molar-refractivity contribution in [2.45, 2.75) is 18.7 Å². The lowest BCUT2D eigenvalue weighted by Gasteiger charge is -2.21. The van der Waals surface area contributed by atoms with Crippen molar-refractivity contribution in [2.75, 3.05) is 37.3 Å². The molecule has 1 aromatic carbocycles. The number of benzene rings is 1. The van der Waals surface area contributed by atoms with Gasteiger partial charge in [0, 0.05) is 19.3 Å².